The summed E-state index contributed by atoms with van der Waals surface area (Å²) in [6.07, 6.45) is 7.67. The molecule has 0 aromatic heterocycles. The standard InChI is InChI=1S/C18H22ClNO/c19-16(15-4-2-1-3-5-15)17(21)20-18-9-12-6-13(10-18)8-14(7-12)11-18/h1-5,12-14,16H,6-11H2,(H,20,21). The van der Waals surface area contributed by atoms with E-state index in [9.17, 15) is 4.79 Å². The number of carbonyl (C=O) groups is 1. The molecule has 1 amide bonds. The molecule has 4 saturated carbocycles. The number of hydrogen-bond donors (Lipinski definition) is 1. The van der Waals surface area contributed by atoms with Crippen molar-refractivity contribution in [2.45, 2.75) is 49.4 Å². The molecule has 4 fully saturated rings. The number of alkyl halides is 1. The van der Waals surface area contributed by atoms with Gasteiger partial charge < -0.3 is 5.32 Å². The molecule has 5 rings (SSSR count). The molecule has 4 aliphatic rings. The topological polar surface area (TPSA) is 29.1 Å². The van der Waals surface area contributed by atoms with Gasteiger partial charge in [-0.25, -0.2) is 0 Å². The molecule has 0 saturated heterocycles. The number of amides is 1. The molecular formula is C18H22ClNO. The highest BCUT2D eigenvalue weighted by molar-refractivity contribution is 6.30. The van der Waals surface area contributed by atoms with E-state index in [2.05, 4.69) is 5.32 Å². The molecule has 21 heavy (non-hydrogen) atoms. The molecule has 112 valence electrons. The lowest BCUT2D eigenvalue weighted by Crippen LogP contribution is -2.60. The van der Waals surface area contributed by atoms with E-state index in [0.29, 0.717) is 0 Å². The fourth-order valence-electron chi connectivity index (χ4n) is 5.36. The fourth-order valence-corrected chi connectivity index (χ4v) is 5.56. The van der Waals surface area contributed by atoms with E-state index in [-0.39, 0.29) is 11.4 Å². The summed E-state index contributed by atoms with van der Waals surface area (Å²) >= 11 is 6.38. The Morgan fingerprint density at radius 3 is 2.10 bits per heavy atom. The monoisotopic (exact) mass is 303 g/mol. The zero-order chi connectivity index (χ0) is 14.4. The zero-order valence-electron chi connectivity index (χ0n) is 12.2. The Hall–Kier alpha value is -1.02. The second kappa shape index (κ2) is 5.01. The number of benzene rings is 1. The Morgan fingerprint density at radius 2 is 1.57 bits per heavy atom. The Balaban J connectivity index is 1.49. The maximum Gasteiger partial charge on any atom is 0.243 e. The van der Waals surface area contributed by atoms with Crippen molar-refractivity contribution in [1.82, 2.24) is 5.32 Å². The van der Waals surface area contributed by atoms with Crippen LogP contribution in [-0.2, 0) is 4.79 Å². The molecule has 0 aliphatic heterocycles. The first-order valence-electron chi connectivity index (χ1n) is 8.15. The van der Waals surface area contributed by atoms with Crippen LogP contribution in [-0.4, -0.2) is 11.4 Å². The summed E-state index contributed by atoms with van der Waals surface area (Å²) in [5, 5.41) is 2.78. The molecule has 4 bridgehead atoms. The second-order valence-corrected chi connectivity index (χ2v) is 7.90. The minimum absolute atomic E-state index is 0.00943. The van der Waals surface area contributed by atoms with Crippen molar-refractivity contribution in [2.75, 3.05) is 0 Å². The predicted octanol–water partition coefficient (Wildman–Crippen LogP) is 4.05. The van der Waals surface area contributed by atoms with Crippen LogP contribution in [0.15, 0.2) is 30.3 Å². The first-order valence-corrected chi connectivity index (χ1v) is 8.58. The average Bonchev–Trinajstić information content (AvgIpc) is 2.45. The highest BCUT2D eigenvalue weighted by atomic mass is 35.5. The predicted molar refractivity (Wildman–Crippen MR) is 84.1 cm³/mol. The molecule has 1 N–H and O–H groups in total. The second-order valence-electron chi connectivity index (χ2n) is 7.46. The molecule has 3 heteroatoms. The van der Waals surface area contributed by atoms with E-state index in [1.165, 1.54) is 38.5 Å². The lowest BCUT2D eigenvalue weighted by Gasteiger charge is -2.57. The van der Waals surface area contributed by atoms with E-state index in [1.54, 1.807) is 0 Å². The van der Waals surface area contributed by atoms with Crippen LogP contribution in [0, 0.1) is 17.8 Å². The van der Waals surface area contributed by atoms with Crippen molar-refractivity contribution in [1.29, 1.82) is 0 Å². The molecule has 1 aromatic rings. The Labute approximate surface area is 131 Å². The molecular weight excluding hydrogens is 282 g/mol. The molecule has 0 radical (unpaired) electrons. The third-order valence-corrected chi connectivity index (χ3v) is 6.20. The third-order valence-electron chi connectivity index (χ3n) is 5.75. The SMILES string of the molecule is O=C(NC12CC3CC(CC(C3)C1)C2)C(Cl)c1ccccc1. The van der Waals surface area contributed by atoms with E-state index < -0.39 is 5.38 Å². The van der Waals surface area contributed by atoms with Crippen molar-refractivity contribution in [2.24, 2.45) is 17.8 Å². The minimum Gasteiger partial charge on any atom is -0.349 e. The van der Waals surface area contributed by atoms with E-state index in [4.69, 9.17) is 11.6 Å². The van der Waals surface area contributed by atoms with Crippen LogP contribution >= 0.6 is 11.6 Å². The number of hydrogen-bond acceptors (Lipinski definition) is 1. The summed E-state index contributed by atoms with van der Waals surface area (Å²) in [6, 6.07) is 9.67. The summed E-state index contributed by atoms with van der Waals surface area (Å²) in [6.45, 7) is 0. The van der Waals surface area contributed by atoms with Gasteiger partial charge >= 0.3 is 0 Å². The number of halogens is 1. The van der Waals surface area contributed by atoms with Gasteiger partial charge in [0.15, 0.2) is 0 Å². The van der Waals surface area contributed by atoms with Gasteiger partial charge in [-0.15, -0.1) is 11.6 Å². The van der Waals surface area contributed by atoms with E-state index in [0.717, 1.165) is 23.3 Å². The van der Waals surface area contributed by atoms with Crippen molar-refractivity contribution in [3.05, 3.63) is 35.9 Å². The highest BCUT2D eigenvalue weighted by Crippen LogP contribution is 2.55. The molecule has 1 atom stereocenters. The Morgan fingerprint density at radius 1 is 1.05 bits per heavy atom. The molecule has 4 aliphatic carbocycles. The van der Waals surface area contributed by atoms with Crippen molar-refractivity contribution >= 4 is 17.5 Å². The highest BCUT2D eigenvalue weighted by Gasteiger charge is 2.51. The van der Waals surface area contributed by atoms with Gasteiger partial charge in [0.05, 0.1) is 0 Å². The fraction of sp³-hybridized carbons (Fsp3) is 0.611. The van der Waals surface area contributed by atoms with E-state index >= 15 is 0 Å². The third kappa shape index (κ3) is 2.48. The van der Waals surface area contributed by atoms with Gasteiger partial charge in [0.1, 0.15) is 5.38 Å². The van der Waals surface area contributed by atoms with Gasteiger partial charge in [-0.1, -0.05) is 30.3 Å². The van der Waals surface area contributed by atoms with Crippen molar-refractivity contribution < 1.29 is 4.79 Å². The maximum atomic E-state index is 12.6. The van der Waals surface area contributed by atoms with Crippen LogP contribution in [0.4, 0.5) is 0 Å². The van der Waals surface area contributed by atoms with Crippen molar-refractivity contribution in [3.63, 3.8) is 0 Å². The van der Waals surface area contributed by atoms with Gasteiger partial charge in [0.2, 0.25) is 5.91 Å². The van der Waals surface area contributed by atoms with Crippen LogP contribution in [0.3, 0.4) is 0 Å². The number of rotatable bonds is 3. The molecule has 1 aromatic carbocycles. The van der Waals surface area contributed by atoms with Crippen LogP contribution in [0.1, 0.15) is 49.5 Å². The molecule has 2 nitrogen and oxygen atoms in total. The van der Waals surface area contributed by atoms with Crippen LogP contribution < -0.4 is 5.32 Å². The minimum atomic E-state index is -0.570. The molecule has 1 unspecified atom stereocenters. The Kier molecular flexibility index (Phi) is 3.25. The lowest BCUT2D eigenvalue weighted by molar-refractivity contribution is -0.126. The molecule has 0 spiro atoms. The van der Waals surface area contributed by atoms with Crippen LogP contribution in [0.5, 0.6) is 0 Å². The van der Waals surface area contributed by atoms with Gasteiger partial charge in [-0.05, 0) is 61.8 Å². The van der Waals surface area contributed by atoms with Crippen LogP contribution in [0.2, 0.25) is 0 Å². The van der Waals surface area contributed by atoms with Crippen LogP contribution in [0.25, 0.3) is 0 Å². The first kappa shape index (κ1) is 13.6. The quantitative estimate of drug-likeness (QED) is 0.839. The first-order chi connectivity index (χ1) is 10.1. The maximum absolute atomic E-state index is 12.6. The molecule has 0 heterocycles. The van der Waals surface area contributed by atoms with Gasteiger partial charge in [-0.3, -0.25) is 4.79 Å². The zero-order valence-corrected chi connectivity index (χ0v) is 13.0. The number of carbonyl (C=O) groups excluding carboxylic acids is 1. The summed E-state index contributed by atoms with van der Waals surface area (Å²) in [5.41, 5.74) is 0.940. The Bertz CT molecular complexity index is 506. The van der Waals surface area contributed by atoms with Gasteiger partial charge in [0, 0.05) is 5.54 Å². The van der Waals surface area contributed by atoms with E-state index in [1.807, 2.05) is 30.3 Å². The van der Waals surface area contributed by atoms with Gasteiger partial charge in [-0.2, -0.15) is 0 Å². The largest absolute Gasteiger partial charge is 0.349 e. The smallest absolute Gasteiger partial charge is 0.243 e. The van der Waals surface area contributed by atoms with Crippen molar-refractivity contribution in [3.8, 4) is 0 Å². The summed E-state index contributed by atoms with van der Waals surface area (Å²) in [5.74, 6) is 2.50. The summed E-state index contributed by atoms with van der Waals surface area (Å²) in [4.78, 5) is 12.6. The lowest BCUT2D eigenvalue weighted by atomic mass is 9.53. The average molecular weight is 304 g/mol. The summed E-state index contributed by atoms with van der Waals surface area (Å²) in [7, 11) is 0. The number of nitrogens with one attached hydrogen (secondary N) is 1. The van der Waals surface area contributed by atoms with Gasteiger partial charge in [0.25, 0.3) is 0 Å². The summed E-state index contributed by atoms with van der Waals surface area (Å²) < 4.78 is 0. The normalized spacial score (nSPS) is 38.2.